The van der Waals surface area contributed by atoms with E-state index in [1.165, 1.54) is 25.7 Å². The lowest BCUT2D eigenvalue weighted by atomic mass is 10.0. The van der Waals surface area contributed by atoms with Crippen molar-refractivity contribution in [2.24, 2.45) is 0 Å². The summed E-state index contributed by atoms with van der Waals surface area (Å²) in [6, 6.07) is 10.4. The molecule has 0 saturated carbocycles. The number of piperidine rings is 1. The fraction of sp³-hybridized carbons (Fsp3) is 0.542. The summed E-state index contributed by atoms with van der Waals surface area (Å²) in [7, 11) is 0. The Labute approximate surface area is 179 Å². The summed E-state index contributed by atoms with van der Waals surface area (Å²) in [5, 5.41) is 12.2. The van der Waals surface area contributed by atoms with Crippen LogP contribution in [0.2, 0.25) is 0 Å². The Kier molecular flexibility index (Phi) is 6.50. The molecule has 0 radical (unpaired) electrons. The van der Waals surface area contributed by atoms with E-state index in [1.54, 1.807) is 0 Å². The molecular weight excluding hydrogens is 374 g/mol. The maximum atomic E-state index is 12.6. The molecule has 2 aliphatic heterocycles. The number of aryl methyl sites for hydroxylation is 2. The number of nitrogens with zero attached hydrogens (tertiary/aromatic N) is 4. The van der Waals surface area contributed by atoms with Crippen LogP contribution < -0.4 is 15.1 Å². The van der Waals surface area contributed by atoms with Crippen LogP contribution in [-0.2, 0) is 0 Å². The molecule has 1 amide bonds. The van der Waals surface area contributed by atoms with Gasteiger partial charge in [0.15, 0.2) is 11.6 Å². The van der Waals surface area contributed by atoms with Crippen LogP contribution in [0.25, 0.3) is 0 Å². The first-order valence-corrected chi connectivity index (χ1v) is 11.3. The van der Waals surface area contributed by atoms with Gasteiger partial charge in [0.25, 0.3) is 5.91 Å². The fourth-order valence-corrected chi connectivity index (χ4v) is 4.58. The van der Waals surface area contributed by atoms with Gasteiger partial charge < -0.3 is 15.1 Å². The van der Waals surface area contributed by atoms with Crippen molar-refractivity contribution in [2.45, 2.75) is 58.4 Å². The van der Waals surface area contributed by atoms with E-state index in [1.807, 2.05) is 26.0 Å². The minimum Gasteiger partial charge on any atom is -0.355 e. The van der Waals surface area contributed by atoms with Gasteiger partial charge in [-0.25, -0.2) is 0 Å². The first-order valence-electron chi connectivity index (χ1n) is 11.3. The number of hydrogen-bond donors (Lipinski definition) is 1. The van der Waals surface area contributed by atoms with Gasteiger partial charge in [-0.1, -0.05) is 30.0 Å². The van der Waals surface area contributed by atoms with Gasteiger partial charge in [-0.3, -0.25) is 4.79 Å². The van der Waals surface area contributed by atoms with Crippen LogP contribution in [-0.4, -0.2) is 48.3 Å². The molecule has 1 N–H and O–H groups in total. The van der Waals surface area contributed by atoms with E-state index < -0.39 is 0 Å². The maximum absolute atomic E-state index is 12.6. The molecule has 160 valence electrons. The molecule has 0 bridgehead atoms. The Morgan fingerprint density at radius 1 is 0.833 bits per heavy atom. The van der Waals surface area contributed by atoms with Crippen LogP contribution in [0.4, 0.5) is 11.6 Å². The molecule has 2 fully saturated rings. The SMILES string of the molecule is Cc1cc(C)cc(C(=O)NC2CCN(c3ccc(N4CCCCCC4)nn3)CC2)c1. The van der Waals surface area contributed by atoms with Gasteiger partial charge in [0, 0.05) is 37.8 Å². The highest BCUT2D eigenvalue weighted by atomic mass is 16.1. The minimum absolute atomic E-state index is 0.0295. The lowest BCUT2D eigenvalue weighted by Crippen LogP contribution is -2.45. The Balaban J connectivity index is 1.30. The van der Waals surface area contributed by atoms with Gasteiger partial charge in [0.05, 0.1) is 0 Å². The van der Waals surface area contributed by atoms with Gasteiger partial charge in [-0.2, -0.15) is 0 Å². The highest BCUT2D eigenvalue weighted by molar-refractivity contribution is 5.94. The molecule has 30 heavy (non-hydrogen) atoms. The molecule has 6 nitrogen and oxygen atoms in total. The maximum Gasteiger partial charge on any atom is 0.251 e. The molecule has 0 unspecified atom stereocenters. The van der Waals surface area contributed by atoms with Crippen molar-refractivity contribution in [3.8, 4) is 0 Å². The summed E-state index contributed by atoms with van der Waals surface area (Å²) >= 11 is 0. The lowest BCUT2D eigenvalue weighted by Gasteiger charge is -2.33. The number of hydrogen-bond acceptors (Lipinski definition) is 5. The molecule has 2 aliphatic rings. The van der Waals surface area contributed by atoms with Crippen LogP contribution in [0.15, 0.2) is 30.3 Å². The molecule has 0 atom stereocenters. The van der Waals surface area contributed by atoms with Crippen LogP contribution in [0, 0.1) is 13.8 Å². The van der Waals surface area contributed by atoms with Gasteiger partial charge in [0.2, 0.25) is 0 Å². The van der Waals surface area contributed by atoms with Gasteiger partial charge in [-0.15, -0.1) is 10.2 Å². The molecular formula is C24H33N5O. The number of nitrogens with one attached hydrogen (secondary N) is 1. The summed E-state index contributed by atoms with van der Waals surface area (Å²) in [4.78, 5) is 17.3. The number of rotatable bonds is 4. The summed E-state index contributed by atoms with van der Waals surface area (Å²) in [6.07, 6.45) is 6.96. The van der Waals surface area contributed by atoms with E-state index in [0.717, 1.165) is 67.3 Å². The Morgan fingerprint density at radius 3 is 1.90 bits per heavy atom. The number of anilines is 2. The third kappa shape index (κ3) is 5.10. The molecule has 0 aliphatic carbocycles. The summed E-state index contributed by atoms with van der Waals surface area (Å²) in [5.74, 6) is 1.96. The summed E-state index contributed by atoms with van der Waals surface area (Å²) in [6.45, 7) is 7.99. The number of carbonyl (C=O) groups is 1. The van der Waals surface area contributed by atoms with Crippen LogP contribution in [0.1, 0.15) is 60.0 Å². The van der Waals surface area contributed by atoms with E-state index >= 15 is 0 Å². The van der Waals surface area contributed by atoms with Crippen LogP contribution >= 0.6 is 0 Å². The second-order valence-electron chi connectivity index (χ2n) is 8.76. The smallest absolute Gasteiger partial charge is 0.251 e. The molecule has 1 aromatic heterocycles. The Hall–Kier alpha value is -2.63. The number of carbonyl (C=O) groups excluding carboxylic acids is 1. The van der Waals surface area contributed by atoms with Crippen molar-refractivity contribution >= 4 is 17.5 Å². The first kappa shape index (κ1) is 20.6. The zero-order valence-corrected chi connectivity index (χ0v) is 18.2. The zero-order chi connectivity index (χ0) is 20.9. The highest BCUT2D eigenvalue weighted by Gasteiger charge is 2.23. The third-order valence-electron chi connectivity index (χ3n) is 6.20. The van der Waals surface area contributed by atoms with E-state index in [9.17, 15) is 4.79 Å². The average molecular weight is 408 g/mol. The number of aromatic nitrogens is 2. The summed E-state index contributed by atoms with van der Waals surface area (Å²) < 4.78 is 0. The minimum atomic E-state index is 0.0295. The Bertz CT molecular complexity index is 830. The van der Waals surface area contributed by atoms with Crippen molar-refractivity contribution < 1.29 is 4.79 Å². The molecule has 4 rings (SSSR count). The lowest BCUT2D eigenvalue weighted by molar-refractivity contribution is 0.0931. The van der Waals surface area contributed by atoms with E-state index in [2.05, 4.69) is 43.5 Å². The largest absolute Gasteiger partial charge is 0.355 e. The quantitative estimate of drug-likeness (QED) is 0.834. The van der Waals surface area contributed by atoms with Crippen molar-refractivity contribution in [3.63, 3.8) is 0 Å². The third-order valence-corrected chi connectivity index (χ3v) is 6.20. The monoisotopic (exact) mass is 407 g/mol. The summed E-state index contributed by atoms with van der Waals surface area (Å²) in [5.41, 5.74) is 3.00. The predicted molar refractivity (Wildman–Crippen MR) is 121 cm³/mol. The topological polar surface area (TPSA) is 61.4 Å². The number of amides is 1. The highest BCUT2D eigenvalue weighted by Crippen LogP contribution is 2.21. The van der Waals surface area contributed by atoms with Crippen LogP contribution in [0.3, 0.4) is 0 Å². The van der Waals surface area contributed by atoms with Crippen LogP contribution in [0.5, 0.6) is 0 Å². The molecule has 6 heteroatoms. The molecule has 2 saturated heterocycles. The molecule has 1 aromatic carbocycles. The first-order chi connectivity index (χ1) is 14.6. The number of benzene rings is 1. The molecule has 2 aromatic rings. The second-order valence-corrected chi connectivity index (χ2v) is 8.76. The van der Waals surface area contributed by atoms with Crippen molar-refractivity contribution in [1.29, 1.82) is 0 Å². The van der Waals surface area contributed by atoms with Crippen molar-refractivity contribution in [3.05, 3.63) is 47.0 Å². The molecule has 0 spiro atoms. The van der Waals surface area contributed by atoms with Gasteiger partial charge >= 0.3 is 0 Å². The standard InChI is InChI=1S/C24H33N5O/c1-18-15-19(2)17-20(16-18)24(30)25-21-9-13-29(14-10-21)23-8-7-22(26-27-23)28-11-5-3-4-6-12-28/h7-8,15-17,21H,3-6,9-14H2,1-2H3,(H,25,30). The second kappa shape index (κ2) is 9.45. The van der Waals surface area contributed by atoms with E-state index in [4.69, 9.17) is 0 Å². The predicted octanol–water partition coefficient (Wildman–Crippen LogP) is 3.87. The Morgan fingerprint density at radius 2 is 1.37 bits per heavy atom. The van der Waals surface area contributed by atoms with Gasteiger partial charge in [0.1, 0.15) is 0 Å². The van der Waals surface area contributed by atoms with E-state index in [-0.39, 0.29) is 11.9 Å². The normalized spacial score (nSPS) is 18.2. The average Bonchev–Trinajstić information content (AvgIpc) is 3.03. The van der Waals surface area contributed by atoms with Crippen molar-refractivity contribution in [2.75, 3.05) is 36.0 Å². The van der Waals surface area contributed by atoms with E-state index in [0.29, 0.717) is 0 Å². The van der Waals surface area contributed by atoms with Crippen molar-refractivity contribution in [1.82, 2.24) is 15.5 Å². The fourth-order valence-electron chi connectivity index (χ4n) is 4.58. The zero-order valence-electron chi connectivity index (χ0n) is 18.2. The molecule has 3 heterocycles. The van der Waals surface area contributed by atoms with Gasteiger partial charge in [-0.05, 0) is 63.8 Å².